The van der Waals surface area contributed by atoms with Crippen molar-refractivity contribution in [1.82, 2.24) is 4.90 Å². The average molecular weight is 268 g/mol. The molecule has 5 heteroatoms. The summed E-state index contributed by atoms with van der Waals surface area (Å²) in [6.07, 6.45) is 0. The Kier molecular flexibility index (Phi) is 7.25. The molecule has 0 bridgehead atoms. The number of anilines is 1. The molecule has 1 rings (SSSR count). The number of aliphatic hydroxyl groups excluding tert-OH is 2. The minimum absolute atomic E-state index is 0.0948. The summed E-state index contributed by atoms with van der Waals surface area (Å²) < 4.78 is 5.64. The van der Waals surface area contributed by atoms with Gasteiger partial charge in [-0.15, -0.1) is 0 Å². The minimum Gasteiger partial charge on any atom is -0.492 e. The van der Waals surface area contributed by atoms with E-state index in [0.717, 1.165) is 11.4 Å². The van der Waals surface area contributed by atoms with E-state index in [0.29, 0.717) is 26.2 Å². The Morgan fingerprint density at radius 3 is 2.00 bits per heavy atom. The normalized spacial score (nSPS) is 10.8. The summed E-state index contributed by atoms with van der Waals surface area (Å²) in [5.41, 5.74) is 1.13. The molecule has 0 aromatic heterocycles. The largest absolute Gasteiger partial charge is 0.492 e. The fourth-order valence-electron chi connectivity index (χ4n) is 1.75. The molecule has 0 radical (unpaired) electrons. The van der Waals surface area contributed by atoms with Crippen LogP contribution in [0.3, 0.4) is 0 Å². The number of hydrogen-bond acceptors (Lipinski definition) is 5. The van der Waals surface area contributed by atoms with Gasteiger partial charge in [-0.05, 0) is 24.3 Å². The summed E-state index contributed by atoms with van der Waals surface area (Å²) in [6, 6.07) is 7.90. The second-order valence-electron chi connectivity index (χ2n) is 4.53. The SMILES string of the molecule is CN(C)c1ccc(OCCN(CCO)CCO)cc1. The van der Waals surface area contributed by atoms with Crippen molar-refractivity contribution < 1.29 is 14.9 Å². The third kappa shape index (κ3) is 5.92. The van der Waals surface area contributed by atoms with Gasteiger partial charge in [-0.1, -0.05) is 0 Å². The van der Waals surface area contributed by atoms with Gasteiger partial charge in [0.2, 0.25) is 0 Å². The Bertz CT molecular complexity index is 335. The van der Waals surface area contributed by atoms with Crippen molar-refractivity contribution >= 4 is 5.69 Å². The first-order chi connectivity index (χ1) is 9.17. The number of nitrogens with zero attached hydrogens (tertiary/aromatic N) is 2. The summed E-state index contributed by atoms with van der Waals surface area (Å²) in [5.74, 6) is 0.832. The highest BCUT2D eigenvalue weighted by Gasteiger charge is 2.03. The van der Waals surface area contributed by atoms with Gasteiger partial charge in [-0.3, -0.25) is 4.90 Å². The molecule has 0 spiro atoms. The van der Waals surface area contributed by atoms with Gasteiger partial charge in [0.1, 0.15) is 12.4 Å². The molecule has 0 aliphatic rings. The van der Waals surface area contributed by atoms with E-state index in [9.17, 15) is 0 Å². The van der Waals surface area contributed by atoms with Crippen LogP contribution in [-0.4, -0.2) is 68.7 Å². The van der Waals surface area contributed by atoms with Crippen molar-refractivity contribution in [2.75, 3.05) is 58.5 Å². The maximum absolute atomic E-state index is 8.89. The highest BCUT2D eigenvalue weighted by Crippen LogP contribution is 2.17. The third-order valence-corrected chi connectivity index (χ3v) is 2.86. The molecular weight excluding hydrogens is 244 g/mol. The Morgan fingerprint density at radius 1 is 0.947 bits per heavy atom. The fourth-order valence-corrected chi connectivity index (χ4v) is 1.75. The molecule has 0 unspecified atom stereocenters. The minimum atomic E-state index is 0.0948. The lowest BCUT2D eigenvalue weighted by Crippen LogP contribution is -2.33. The van der Waals surface area contributed by atoms with Gasteiger partial charge in [0.15, 0.2) is 0 Å². The van der Waals surface area contributed by atoms with E-state index in [4.69, 9.17) is 14.9 Å². The van der Waals surface area contributed by atoms with Gasteiger partial charge < -0.3 is 19.8 Å². The lowest BCUT2D eigenvalue weighted by Gasteiger charge is -2.20. The highest BCUT2D eigenvalue weighted by atomic mass is 16.5. The van der Waals surface area contributed by atoms with Crippen LogP contribution in [0.5, 0.6) is 5.75 Å². The monoisotopic (exact) mass is 268 g/mol. The van der Waals surface area contributed by atoms with E-state index in [-0.39, 0.29) is 13.2 Å². The van der Waals surface area contributed by atoms with Crippen LogP contribution < -0.4 is 9.64 Å². The Hall–Kier alpha value is -1.30. The lowest BCUT2D eigenvalue weighted by atomic mass is 10.3. The van der Waals surface area contributed by atoms with E-state index in [2.05, 4.69) is 0 Å². The molecule has 0 aliphatic carbocycles. The summed E-state index contributed by atoms with van der Waals surface area (Å²) in [7, 11) is 4.00. The molecule has 2 N–H and O–H groups in total. The van der Waals surface area contributed by atoms with Crippen molar-refractivity contribution in [2.45, 2.75) is 0 Å². The number of ether oxygens (including phenoxy) is 1. The third-order valence-electron chi connectivity index (χ3n) is 2.86. The van der Waals surface area contributed by atoms with Crippen LogP contribution >= 0.6 is 0 Å². The summed E-state index contributed by atoms with van der Waals surface area (Å²) >= 11 is 0. The lowest BCUT2D eigenvalue weighted by molar-refractivity contribution is 0.141. The topological polar surface area (TPSA) is 56.2 Å². The molecule has 1 aromatic carbocycles. The van der Waals surface area contributed by atoms with E-state index in [1.807, 2.05) is 48.2 Å². The summed E-state index contributed by atoms with van der Waals surface area (Å²) in [5, 5.41) is 17.8. The Balaban J connectivity index is 2.35. The first kappa shape index (κ1) is 15.8. The molecule has 0 heterocycles. The zero-order valence-corrected chi connectivity index (χ0v) is 11.7. The van der Waals surface area contributed by atoms with E-state index >= 15 is 0 Å². The molecule has 0 saturated heterocycles. The molecule has 19 heavy (non-hydrogen) atoms. The van der Waals surface area contributed by atoms with Crippen LogP contribution in [0.2, 0.25) is 0 Å². The standard InChI is InChI=1S/C14H24N2O3/c1-15(2)13-3-5-14(6-4-13)19-12-9-16(7-10-17)8-11-18/h3-6,17-18H,7-12H2,1-2H3. The zero-order valence-electron chi connectivity index (χ0n) is 11.7. The van der Waals surface area contributed by atoms with Crippen LogP contribution in [0.25, 0.3) is 0 Å². The second-order valence-corrected chi connectivity index (χ2v) is 4.53. The smallest absolute Gasteiger partial charge is 0.119 e. The van der Waals surface area contributed by atoms with Gasteiger partial charge >= 0.3 is 0 Å². The molecule has 0 atom stereocenters. The van der Waals surface area contributed by atoms with Crippen molar-refractivity contribution in [3.63, 3.8) is 0 Å². The number of aliphatic hydroxyl groups is 2. The second kappa shape index (κ2) is 8.74. The Morgan fingerprint density at radius 2 is 1.53 bits per heavy atom. The molecule has 0 amide bonds. The summed E-state index contributed by atoms with van der Waals surface area (Å²) in [6.45, 7) is 2.54. The van der Waals surface area contributed by atoms with Gasteiger partial charge in [-0.2, -0.15) is 0 Å². The molecular formula is C14H24N2O3. The molecule has 5 nitrogen and oxygen atoms in total. The van der Waals surface area contributed by atoms with E-state index in [1.54, 1.807) is 0 Å². The Labute approximate surface area is 115 Å². The number of hydrogen-bond donors (Lipinski definition) is 2. The maximum Gasteiger partial charge on any atom is 0.119 e. The zero-order chi connectivity index (χ0) is 14.1. The summed E-state index contributed by atoms with van der Waals surface area (Å²) in [4.78, 5) is 4.00. The number of benzene rings is 1. The van der Waals surface area contributed by atoms with Gasteiger partial charge in [-0.25, -0.2) is 0 Å². The van der Waals surface area contributed by atoms with Crippen molar-refractivity contribution in [3.8, 4) is 5.75 Å². The molecule has 1 aromatic rings. The van der Waals surface area contributed by atoms with Crippen LogP contribution in [0, 0.1) is 0 Å². The van der Waals surface area contributed by atoms with Crippen LogP contribution in [0.4, 0.5) is 5.69 Å². The molecule has 0 aliphatic heterocycles. The molecule has 0 saturated carbocycles. The van der Waals surface area contributed by atoms with Crippen LogP contribution in [0.15, 0.2) is 24.3 Å². The molecule has 0 fully saturated rings. The maximum atomic E-state index is 8.89. The van der Waals surface area contributed by atoms with Crippen LogP contribution in [0.1, 0.15) is 0 Å². The highest BCUT2D eigenvalue weighted by molar-refractivity contribution is 5.47. The number of rotatable bonds is 9. The first-order valence-corrected chi connectivity index (χ1v) is 6.51. The van der Waals surface area contributed by atoms with Gasteiger partial charge in [0, 0.05) is 39.4 Å². The van der Waals surface area contributed by atoms with Gasteiger partial charge in [0.25, 0.3) is 0 Å². The van der Waals surface area contributed by atoms with Crippen molar-refractivity contribution in [3.05, 3.63) is 24.3 Å². The van der Waals surface area contributed by atoms with Gasteiger partial charge in [0.05, 0.1) is 13.2 Å². The van der Waals surface area contributed by atoms with Crippen LogP contribution in [-0.2, 0) is 0 Å². The van der Waals surface area contributed by atoms with Crippen molar-refractivity contribution in [2.24, 2.45) is 0 Å². The first-order valence-electron chi connectivity index (χ1n) is 6.51. The predicted molar refractivity (Wildman–Crippen MR) is 76.9 cm³/mol. The average Bonchev–Trinajstić information content (AvgIpc) is 2.40. The van der Waals surface area contributed by atoms with Crippen molar-refractivity contribution in [1.29, 1.82) is 0 Å². The van der Waals surface area contributed by atoms with E-state index < -0.39 is 0 Å². The predicted octanol–water partition coefficient (Wildman–Crippen LogP) is 0.418. The molecule has 108 valence electrons. The fraction of sp³-hybridized carbons (Fsp3) is 0.571. The quantitative estimate of drug-likeness (QED) is 0.680. The van der Waals surface area contributed by atoms with E-state index in [1.165, 1.54) is 0 Å².